The minimum absolute atomic E-state index is 0.0756. The second-order valence-electron chi connectivity index (χ2n) is 6.02. The van der Waals surface area contributed by atoms with E-state index in [1.807, 2.05) is 12.3 Å². The molecule has 0 aliphatic heterocycles. The first-order valence-corrected chi connectivity index (χ1v) is 10.6. The first-order chi connectivity index (χ1) is 13.3. The van der Waals surface area contributed by atoms with Gasteiger partial charge in [-0.1, -0.05) is 17.7 Å². The van der Waals surface area contributed by atoms with E-state index in [2.05, 4.69) is 10.4 Å². The van der Waals surface area contributed by atoms with Gasteiger partial charge in [0.1, 0.15) is 12.4 Å². The van der Waals surface area contributed by atoms with E-state index in [1.54, 1.807) is 35.1 Å². The molecule has 7 nitrogen and oxygen atoms in total. The Labute approximate surface area is 167 Å². The number of ether oxygens (including phenoxy) is 1. The number of rotatable bonds is 7. The summed E-state index contributed by atoms with van der Waals surface area (Å²) in [6, 6.07) is 12.9. The standard InChI is InChI=1S/C19H18ClN3O4S/c1-28(25,26)18-12-14(6-7-17(18)20)19(24)22-15-4-2-5-16(13-15)27-11-10-23-9-3-8-21-23/h2-9,12-13H,10-11H2,1H3,(H,22,24). The molecule has 28 heavy (non-hydrogen) atoms. The lowest BCUT2D eigenvalue weighted by atomic mass is 10.2. The molecule has 0 saturated carbocycles. The summed E-state index contributed by atoms with van der Waals surface area (Å²) in [5.74, 6) is 0.146. The third kappa shape index (κ3) is 5.11. The maximum atomic E-state index is 12.5. The van der Waals surface area contributed by atoms with Crippen molar-refractivity contribution >= 4 is 33.0 Å². The van der Waals surface area contributed by atoms with Crippen molar-refractivity contribution in [1.82, 2.24) is 9.78 Å². The van der Waals surface area contributed by atoms with Gasteiger partial charge in [-0.25, -0.2) is 8.42 Å². The van der Waals surface area contributed by atoms with Crippen molar-refractivity contribution in [3.63, 3.8) is 0 Å². The summed E-state index contributed by atoms with van der Waals surface area (Å²) in [5.41, 5.74) is 0.715. The van der Waals surface area contributed by atoms with Crippen molar-refractivity contribution in [2.24, 2.45) is 0 Å². The molecule has 0 fully saturated rings. The Bertz CT molecular complexity index is 1080. The third-order valence-corrected chi connectivity index (χ3v) is 5.41. The maximum Gasteiger partial charge on any atom is 0.255 e. The van der Waals surface area contributed by atoms with Gasteiger partial charge in [0.2, 0.25) is 0 Å². The molecule has 2 aromatic carbocycles. The van der Waals surface area contributed by atoms with Gasteiger partial charge in [-0.15, -0.1) is 0 Å². The highest BCUT2D eigenvalue weighted by Gasteiger charge is 2.16. The van der Waals surface area contributed by atoms with Crippen LogP contribution in [0.5, 0.6) is 5.75 Å². The SMILES string of the molecule is CS(=O)(=O)c1cc(C(=O)Nc2cccc(OCCn3cccn3)c2)ccc1Cl. The summed E-state index contributed by atoms with van der Waals surface area (Å²) in [6.45, 7) is 1.02. The molecule has 0 bridgehead atoms. The van der Waals surface area contributed by atoms with Crippen LogP contribution >= 0.6 is 11.6 Å². The fourth-order valence-corrected chi connectivity index (χ4v) is 3.79. The summed E-state index contributed by atoms with van der Waals surface area (Å²) in [4.78, 5) is 12.4. The van der Waals surface area contributed by atoms with Gasteiger partial charge in [0, 0.05) is 36.0 Å². The van der Waals surface area contributed by atoms with E-state index < -0.39 is 15.7 Å². The Morgan fingerprint density at radius 1 is 1.21 bits per heavy atom. The van der Waals surface area contributed by atoms with Crippen LogP contribution in [0.15, 0.2) is 65.8 Å². The molecule has 1 heterocycles. The topological polar surface area (TPSA) is 90.3 Å². The highest BCUT2D eigenvalue weighted by molar-refractivity contribution is 7.90. The van der Waals surface area contributed by atoms with E-state index >= 15 is 0 Å². The number of carbonyl (C=O) groups excluding carboxylic acids is 1. The number of sulfone groups is 1. The highest BCUT2D eigenvalue weighted by Crippen LogP contribution is 2.24. The third-order valence-electron chi connectivity index (χ3n) is 3.83. The minimum atomic E-state index is -3.54. The molecular formula is C19H18ClN3O4S. The average molecular weight is 420 g/mol. The molecule has 0 atom stereocenters. The average Bonchev–Trinajstić information content (AvgIpc) is 3.15. The van der Waals surface area contributed by atoms with E-state index in [0.717, 1.165) is 6.26 Å². The largest absolute Gasteiger partial charge is 0.492 e. The summed E-state index contributed by atoms with van der Waals surface area (Å²) in [7, 11) is -3.54. The van der Waals surface area contributed by atoms with Crippen LogP contribution < -0.4 is 10.1 Å². The van der Waals surface area contributed by atoms with Crippen LogP contribution in [-0.4, -0.2) is 37.0 Å². The van der Waals surface area contributed by atoms with Crippen LogP contribution in [0.2, 0.25) is 5.02 Å². The zero-order chi connectivity index (χ0) is 20.1. The number of hydrogen-bond acceptors (Lipinski definition) is 5. The molecule has 0 radical (unpaired) electrons. The predicted molar refractivity (Wildman–Crippen MR) is 107 cm³/mol. The van der Waals surface area contributed by atoms with Gasteiger partial charge >= 0.3 is 0 Å². The molecule has 0 saturated heterocycles. The maximum absolute atomic E-state index is 12.5. The Morgan fingerprint density at radius 3 is 2.75 bits per heavy atom. The molecule has 1 aromatic heterocycles. The van der Waals surface area contributed by atoms with E-state index in [0.29, 0.717) is 24.6 Å². The Balaban J connectivity index is 1.67. The molecule has 1 amide bonds. The second-order valence-corrected chi connectivity index (χ2v) is 8.41. The van der Waals surface area contributed by atoms with Gasteiger partial charge in [0.15, 0.2) is 9.84 Å². The lowest BCUT2D eigenvalue weighted by molar-refractivity contribution is 0.102. The summed E-state index contributed by atoms with van der Waals surface area (Å²) in [5, 5.41) is 6.90. The van der Waals surface area contributed by atoms with Crippen LogP contribution in [-0.2, 0) is 16.4 Å². The smallest absolute Gasteiger partial charge is 0.255 e. The number of aromatic nitrogens is 2. The number of amides is 1. The van der Waals surface area contributed by atoms with Crippen LogP contribution in [0.4, 0.5) is 5.69 Å². The Kier molecular flexibility index (Phi) is 6.01. The predicted octanol–water partition coefficient (Wildman–Crippen LogP) is 3.27. The summed E-state index contributed by atoms with van der Waals surface area (Å²) < 4.78 is 31.0. The van der Waals surface area contributed by atoms with E-state index in [-0.39, 0.29) is 15.5 Å². The van der Waals surface area contributed by atoms with Gasteiger partial charge in [-0.2, -0.15) is 5.10 Å². The van der Waals surface area contributed by atoms with Gasteiger partial charge < -0.3 is 10.1 Å². The van der Waals surface area contributed by atoms with Crippen LogP contribution in [0, 0.1) is 0 Å². The minimum Gasteiger partial charge on any atom is -0.492 e. The molecule has 0 unspecified atom stereocenters. The summed E-state index contributed by atoms with van der Waals surface area (Å²) in [6.07, 6.45) is 4.58. The zero-order valence-electron chi connectivity index (χ0n) is 15.0. The lowest BCUT2D eigenvalue weighted by Crippen LogP contribution is -2.13. The zero-order valence-corrected chi connectivity index (χ0v) is 16.6. The number of carbonyl (C=O) groups is 1. The second kappa shape index (κ2) is 8.45. The van der Waals surface area contributed by atoms with Crippen molar-refractivity contribution in [2.75, 3.05) is 18.2 Å². The number of nitrogens with one attached hydrogen (secondary N) is 1. The molecule has 0 spiro atoms. The number of benzene rings is 2. The first-order valence-electron chi connectivity index (χ1n) is 8.34. The molecule has 146 valence electrons. The van der Waals surface area contributed by atoms with E-state index in [9.17, 15) is 13.2 Å². The van der Waals surface area contributed by atoms with Crippen LogP contribution in [0.3, 0.4) is 0 Å². The highest BCUT2D eigenvalue weighted by atomic mass is 35.5. The van der Waals surface area contributed by atoms with Gasteiger partial charge in [-0.3, -0.25) is 9.48 Å². The van der Waals surface area contributed by atoms with Crippen LogP contribution in [0.1, 0.15) is 10.4 Å². The van der Waals surface area contributed by atoms with E-state index in [1.165, 1.54) is 18.2 Å². The van der Waals surface area contributed by atoms with E-state index in [4.69, 9.17) is 16.3 Å². The van der Waals surface area contributed by atoms with Crippen molar-refractivity contribution in [3.05, 3.63) is 71.5 Å². The Morgan fingerprint density at radius 2 is 2.04 bits per heavy atom. The monoisotopic (exact) mass is 419 g/mol. The fraction of sp³-hybridized carbons (Fsp3) is 0.158. The van der Waals surface area contributed by atoms with Gasteiger partial charge in [-0.05, 0) is 36.4 Å². The molecule has 1 N–H and O–H groups in total. The van der Waals surface area contributed by atoms with Crippen molar-refractivity contribution in [1.29, 1.82) is 0 Å². The van der Waals surface area contributed by atoms with Crippen molar-refractivity contribution < 1.29 is 17.9 Å². The number of halogens is 1. The first kappa shape index (κ1) is 19.9. The Hall–Kier alpha value is -2.84. The van der Waals surface area contributed by atoms with Crippen LogP contribution in [0.25, 0.3) is 0 Å². The van der Waals surface area contributed by atoms with Gasteiger partial charge in [0.25, 0.3) is 5.91 Å². The summed E-state index contributed by atoms with van der Waals surface area (Å²) >= 11 is 5.92. The fourth-order valence-electron chi connectivity index (χ4n) is 2.49. The number of anilines is 1. The van der Waals surface area contributed by atoms with Gasteiger partial charge in [0.05, 0.1) is 16.5 Å². The molecule has 3 aromatic rings. The normalized spacial score (nSPS) is 11.2. The molecule has 3 rings (SSSR count). The molecular weight excluding hydrogens is 402 g/mol. The quantitative estimate of drug-likeness (QED) is 0.634. The van der Waals surface area contributed by atoms with Crippen molar-refractivity contribution in [3.8, 4) is 5.75 Å². The molecule has 9 heteroatoms. The molecule has 0 aliphatic carbocycles. The lowest BCUT2D eigenvalue weighted by Gasteiger charge is -2.10. The van der Waals surface area contributed by atoms with Crippen molar-refractivity contribution in [2.45, 2.75) is 11.4 Å². The number of hydrogen-bond donors (Lipinski definition) is 1. The molecule has 0 aliphatic rings. The number of nitrogens with zero attached hydrogens (tertiary/aromatic N) is 2.